The summed E-state index contributed by atoms with van der Waals surface area (Å²) in [6.45, 7) is 3.67. The number of nitrogens with one attached hydrogen (secondary N) is 1. The molecule has 6 N–H and O–H groups in total. The number of hydrogen-bond donors (Lipinski definition) is 6. The van der Waals surface area contributed by atoms with Crippen molar-refractivity contribution in [3.63, 3.8) is 0 Å². The Morgan fingerprint density at radius 1 is 0.515 bits per heavy atom. The van der Waals surface area contributed by atoms with Gasteiger partial charge in [-0.3, -0.25) is 4.79 Å². The smallest absolute Gasteiger partial charge is 0.220 e. The van der Waals surface area contributed by atoms with Crippen LogP contribution < -0.4 is 5.32 Å². The molecule has 9 nitrogen and oxygen atoms in total. The van der Waals surface area contributed by atoms with Crippen LogP contribution in [0.25, 0.3) is 0 Å². The van der Waals surface area contributed by atoms with Crippen LogP contribution in [0.1, 0.15) is 264 Å². The second kappa shape index (κ2) is 48.8. The number of ether oxygens (including phenoxy) is 2. The van der Waals surface area contributed by atoms with Crippen LogP contribution in [0.2, 0.25) is 0 Å². The van der Waals surface area contributed by atoms with Gasteiger partial charge in [0.05, 0.1) is 25.4 Å². The van der Waals surface area contributed by atoms with Crippen LogP contribution in [0.3, 0.4) is 0 Å². The molecule has 9 heteroatoms. The zero-order valence-corrected chi connectivity index (χ0v) is 44.1. The zero-order chi connectivity index (χ0) is 49.4. The van der Waals surface area contributed by atoms with Gasteiger partial charge >= 0.3 is 0 Å². The number of allylic oxidation sites excluding steroid dienone is 7. The lowest BCUT2D eigenvalue weighted by Gasteiger charge is -2.40. The third-order valence-electron chi connectivity index (χ3n) is 13.7. The normalized spacial score (nSPS) is 19.9. The van der Waals surface area contributed by atoms with Crippen molar-refractivity contribution in [2.75, 3.05) is 13.2 Å². The minimum atomic E-state index is -1.57. The Bertz CT molecular complexity index is 1210. The minimum absolute atomic E-state index is 0.193. The molecule has 1 amide bonds. The molecule has 0 aromatic carbocycles. The Morgan fingerprint density at radius 2 is 0.912 bits per heavy atom. The van der Waals surface area contributed by atoms with Crippen LogP contribution in [-0.2, 0) is 14.3 Å². The van der Waals surface area contributed by atoms with Crippen molar-refractivity contribution in [1.29, 1.82) is 0 Å². The van der Waals surface area contributed by atoms with Crippen molar-refractivity contribution in [1.82, 2.24) is 5.32 Å². The van der Waals surface area contributed by atoms with Crippen molar-refractivity contribution in [2.45, 2.75) is 307 Å². The first-order valence-electron chi connectivity index (χ1n) is 28.9. The monoisotopic (exact) mass is 960 g/mol. The predicted octanol–water partition coefficient (Wildman–Crippen LogP) is 14.1. The predicted molar refractivity (Wildman–Crippen MR) is 286 cm³/mol. The third kappa shape index (κ3) is 37.9. The molecule has 68 heavy (non-hydrogen) atoms. The molecule has 0 saturated carbocycles. The summed E-state index contributed by atoms with van der Waals surface area (Å²) in [6, 6.07) is -0.816. The van der Waals surface area contributed by atoms with Crippen LogP contribution in [0.5, 0.6) is 0 Å². The molecule has 0 aromatic heterocycles. The molecule has 1 aliphatic rings. The van der Waals surface area contributed by atoms with Gasteiger partial charge in [-0.05, 0) is 51.4 Å². The maximum atomic E-state index is 13.0. The van der Waals surface area contributed by atoms with Gasteiger partial charge in [-0.2, -0.15) is 0 Å². The van der Waals surface area contributed by atoms with Crippen LogP contribution in [0.15, 0.2) is 48.6 Å². The van der Waals surface area contributed by atoms with E-state index in [2.05, 4.69) is 55.6 Å². The highest BCUT2D eigenvalue weighted by atomic mass is 16.7. The number of hydrogen-bond acceptors (Lipinski definition) is 8. The molecule has 0 radical (unpaired) electrons. The highest BCUT2D eigenvalue weighted by Gasteiger charge is 2.44. The molecule has 1 aliphatic heterocycles. The summed E-state index contributed by atoms with van der Waals surface area (Å²) >= 11 is 0. The average Bonchev–Trinajstić information content (AvgIpc) is 3.34. The van der Waals surface area contributed by atoms with E-state index in [1.807, 2.05) is 6.08 Å². The lowest BCUT2D eigenvalue weighted by Crippen LogP contribution is -2.60. The van der Waals surface area contributed by atoms with E-state index < -0.39 is 49.5 Å². The summed E-state index contributed by atoms with van der Waals surface area (Å²) in [7, 11) is 0. The number of aliphatic hydroxyl groups is 5. The molecule has 1 heterocycles. The van der Waals surface area contributed by atoms with Gasteiger partial charge < -0.3 is 40.3 Å². The number of carbonyl (C=O) groups excluding carboxylic acids is 1. The second-order valence-corrected chi connectivity index (χ2v) is 20.1. The number of aliphatic hydroxyl groups excluding tert-OH is 5. The molecular formula is C59H109NO8. The standard InChI is InChI=1S/C59H109NO8/c1-3-5-7-9-11-13-15-17-19-20-21-22-23-24-25-26-27-28-29-30-31-32-33-35-36-38-40-42-44-46-48-53(62)52(51-67-59-58(66)57(65)56(64)54(50-61)68-59)60-55(63)49-47-45-43-41-39-37-34-18-16-14-12-10-8-6-4-2/h6,8,12,14,18,34,46,48,52-54,56-59,61-62,64-66H,3-5,7,9-11,13,15-17,19-33,35-45,47,49-51H2,1-2H3,(H,60,63)/b8-6-,14-12-,34-18-,48-46+. The van der Waals surface area contributed by atoms with Crippen LogP contribution in [-0.4, -0.2) is 87.5 Å². The van der Waals surface area contributed by atoms with Crippen molar-refractivity contribution >= 4 is 5.91 Å². The Hall–Kier alpha value is -1.85. The fourth-order valence-corrected chi connectivity index (χ4v) is 9.11. The van der Waals surface area contributed by atoms with E-state index in [0.717, 1.165) is 77.0 Å². The van der Waals surface area contributed by atoms with E-state index in [1.165, 1.54) is 167 Å². The number of unbranched alkanes of at least 4 members (excludes halogenated alkanes) is 33. The van der Waals surface area contributed by atoms with Gasteiger partial charge in [0.15, 0.2) is 6.29 Å². The lowest BCUT2D eigenvalue weighted by molar-refractivity contribution is -0.302. The molecule has 0 aliphatic carbocycles. The Morgan fingerprint density at radius 3 is 1.35 bits per heavy atom. The minimum Gasteiger partial charge on any atom is -0.394 e. The second-order valence-electron chi connectivity index (χ2n) is 20.1. The third-order valence-corrected chi connectivity index (χ3v) is 13.7. The first-order chi connectivity index (χ1) is 33.3. The fraction of sp³-hybridized carbons (Fsp3) is 0.847. The number of carbonyl (C=O) groups is 1. The zero-order valence-electron chi connectivity index (χ0n) is 44.1. The number of rotatable bonds is 49. The summed E-state index contributed by atoms with van der Waals surface area (Å²) in [5.74, 6) is -0.193. The molecule has 7 atom stereocenters. The van der Waals surface area contributed by atoms with Gasteiger partial charge in [-0.25, -0.2) is 0 Å². The molecule has 7 unspecified atom stereocenters. The molecule has 1 fully saturated rings. The van der Waals surface area contributed by atoms with E-state index in [9.17, 15) is 30.3 Å². The quantitative estimate of drug-likeness (QED) is 0.0261. The number of amides is 1. The molecular weight excluding hydrogens is 851 g/mol. The first-order valence-corrected chi connectivity index (χ1v) is 28.9. The molecule has 0 bridgehead atoms. The van der Waals surface area contributed by atoms with Gasteiger partial charge in [0, 0.05) is 6.42 Å². The molecule has 398 valence electrons. The van der Waals surface area contributed by atoms with Crippen molar-refractivity contribution in [2.24, 2.45) is 0 Å². The summed E-state index contributed by atoms with van der Waals surface area (Å²) < 4.78 is 11.3. The molecule has 0 aromatic rings. The average molecular weight is 961 g/mol. The van der Waals surface area contributed by atoms with Gasteiger partial charge in [-0.15, -0.1) is 0 Å². The van der Waals surface area contributed by atoms with Gasteiger partial charge in [-0.1, -0.05) is 255 Å². The van der Waals surface area contributed by atoms with E-state index in [4.69, 9.17) is 9.47 Å². The maximum absolute atomic E-state index is 13.0. The fourth-order valence-electron chi connectivity index (χ4n) is 9.11. The highest BCUT2D eigenvalue weighted by Crippen LogP contribution is 2.23. The van der Waals surface area contributed by atoms with Crippen LogP contribution in [0, 0.1) is 0 Å². The molecule has 0 spiro atoms. The van der Waals surface area contributed by atoms with Gasteiger partial charge in [0.25, 0.3) is 0 Å². The summed E-state index contributed by atoms with van der Waals surface area (Å²) in [5, 5.41) is 54.4. The van der Waals surface area contributed by atoms with E-state index in [0.29, 0.717) is 6.42 Å². The molecule has 1 saturated heterocycles. The maximum Gasteiger partial charge on any atom is 0.220 e. The van der Waals surface area contributed by atoms with Crippen molar-refractivity contribution in [3.8, 4) is 0 Å². The summed E-state index contributed by atoms with van der Waals surface area (Å²) in [5.41, 5.74) is 0. The summed E-state index contributed by atoms with van der Waals surface area (Å²) in [4.78, 5) is 13.0. The molecule has 1 rings (SSSR count). The Balaban J connectivity index is 2.18. The largest absolute Gasteiger partial charge is 0.394 e. The van der Waals surface area contributed by atoms with Crippen molar-refractivity contribution in [3.05, 3.63) is 48.6 Å². The van der Waals surface area contributed by atoms with Crippen LogP contribution >= 0.6 is 0 Å². The van der Waals surface area contributed by atoms with E-state index >= 15 is 0 Å². The Labute approximate surface area is 418 Å². The van der Waals surface area contributed by atoms with Crippen molar-refractivity contribution < 1.29 is 39.8 Å². The van der Waals surface area contributed by atoms with E-state index in [-0.39, 0.29) is 12.5 Å². The Kier molecular flexibility index (Phi) is 46.0. The van der Waals surface area contributed by atoms with Gasteiger partial charge in [0.1, 0.15) is 24.4 Å². The SMILES string of the molecule is CC/C=C\C/C=C\C/C=C\CCCCCCCC(=O)NC(COC1OC(CO)C(O)C(O)C1O)C(O)/C=C/CCCCCCCCCCCCCCCCCCCCCCCCCCCCCC. The summed E-state index contributed by atoms with van der Waals surface area (Å²) in [6.07, 6.45) is 57.6. The first kappa shape index (κ1) is 64.2. The van der Waals surface area contributed by atoms with Crippen LogP contribution in [0.4, 0.5) is 0 Å². The van der Waals surface area contributed by atoms with E-state index in [1.54, 1.807) is 6.08 Å². The van der Waals surface area contributed by atoms with Gasteiger partial charge in [0.2, 0.25) is 5.91 Å². The lowest BCUT2D eigenvalue weighted by atomic mass is 9.99. The topological polar surface area (TPSA) is 149 Å². The highest BCUT2D eigenvalue weighted by molar-refractivity contribution is 5.76.